The van der Waals surface area contributed by atoms with Crippen LogP contribution in [0.15, 0.2) is 24.4 Å². The van der Waals surface area contributed by atoms with Crippen molar-refractivity contribution >= 4 is 39.8 Å². The molecule has 1 aromatic heterocycles. The van der Waals surface area contributed by atoms with Gasteiger partial charge in [0, 0.05) is 35.4 Å². The molecule has 1 saturated carbocycles. The van der Waals surface area contributed by atoms with Crippen LogP contribution >= 0.6 is 0 Å². The second-order valence-corrected chi connectivity index (χ2v) is 7.04. The lowest BCUT2D eigenvalue weighted by Gasteiger charge is -2.22. The highest BCUT2D eigenvalue weighted by Gasteiger charge is 2.43. The number of nitrogens with one attached hydrogen (secondary N) is 1. The zero-order valence-corrected chi connectivity index (χ0v) is 14.4. The van der Waals surface area contributed by atoms with Crippen LogP contribution in [0.2, 0.25) is 0 Å². The predicted molar refractivity (Wildman–Crippen MR) is 98.2 cm³/mol. The number of nitriles is 1. The Hall–Kier alpha value is -3.14. The molecule has 1 saturated heterocycles. The van der Waals surface area contributed by atoms with Crippen molar-refractivity contribution < 1.29 is 9.59 Å². The van der Waals surface area contributed by atoms with Crippen molar-refractivity contribution in [2.45, 2.75) is 32.2 Å². The van der Waals surface area contributed by atoms with E-state index in [2.05, 4.69) is 16.4 Å². The summed E-state index contributed by atoms with van der Waals surface area (Å²) in [6.07, 6.45) is 3.59. The molecule has 2 amide bonds. The summed E-state index contributed by atoms with van der Waals surface area (Å²) < 4.78 is 0. The van der Waals surface area contributed by atoms with Crippen molar-refractivity contribution in [2.75, 3.05) is 16.0 Å². The first-order valence-electron chi connectivity index (χ1n) is 8.69. The number of fused-ring (bicyclic) bond motifs is 1. The van der Waals surface area contributed by atoms with Crippen molar-refractivity contribution in [1.82, 2.24) is 4.98 Å². The van der Waals surface area contributed by atoms with Crippen LogP contribution in [0.25, 0.3) is 10.8 Å². The number of anilines is 3. The highest BCUT2D eigenvalue weighted by molar-refractivity contribution is 6.03. The second kappa shape index (κ2) is 5.99. The number of rotatable bonds is 3. The largest absolute Gasteiger partial charge is 0.398 e. The zero-order chi connectivity index (χ0) is 18.4. The minimum absolute atomic E-state index is 0.0927. The summed E-state index contributed by atoms with van der Waals surface area (Å²) in [6.45, 7) is 2.02. The van der Waals surface area contributed by atoms with Gasteiger partial charge in [-0.2, -0.15) is 5.26 Å². The van der Waals surface area contributed by atoms with Crippen LogP contribution in [-0.2, 0) is 9.59 Å². The second-order valence-electron chi connectivity index (χ2n) is 7.04. The van der Waals surface area contributed by atoms with E-state index >= 15 is 0 Å². The fraction of sp³-hybridized carbons (Fsp3) is 0.368. The van der Waals surface area contributed by atoms with E-state index in [9.17, 15) is 9.59 Å². The Morgan fingerprint density at radius 1 is 1.42 bits per heavy atom. The number of aromatic nitrogens is 1. The Morgan fingerprint density at radius 2 is 2.23 bits per heavy atom. The minimum atomic E-state index is -0.253. The van der Waals surface area contributed by atoms with Gasteiger partial charge in [-0.1, -0.05) is 0 Å². The average Bonchev–Trinajstić information content (AvgIpc) is 3.33. The van der Waals surface area contributed by atoms with Gasteiger partial charge in [0.1, 0.15) is 5.82 Å². The van der Waals surface area contributed by atoms with E-state index in [0.717, 1.165) is 22.9 Å². The first kappa shape index (κ1) is 16.3. The van der Waals surface area contributed by atoms with Crippen molar-refractivity contribution in [1.29, 1.82) is 5.26 Å². The molecule has 3 atom stereocenters. The monoisotopic (exact) mass is 349 g/mol. The van der Waals surface area contributed by atoms with Crippen LogP contribution in [0, 0.1) is 23.2 Å². The molecule has 2 aliphatic rings. The molecular weight excluding hydrogens is 330 g/mol. The Kier molecular flexibility index (Phi) is 3.76. The molecular formula is C19H19N5O2. The number of carbonyl (C=O) groups excluding carboxylic acids is 2. The molecule has 4 rings (SSSR count). The number of benzene rings is 1. The zero-order valence-electron chi connectivity index (χ0n) is 14.4. The van der Waals surface area contributed by atoms with Crippen molar-refractivity contribution in [2.24, 2.45) is 11.8 Å². The van der Waals surface area contributed by atoms with Crippen LogP contribution in [0.1, 0.15) is 26.2 Å². The number of amides is 2. The fourth-order valence-electron chi connectivity index (χ4n) is 3.55. The standard InChI is InChI=1S/C19H19N5O2/c1-10-2-3-18(25)24(10)13-4-11-6-17(22-9-15(11)16(21)7-13)23-19(26)14-5-12(14)8-20/h4,6-7,9-10,12,14H,2-3,5,21H2,1H3,(H,22,23,26)/t10-,12+,14-/m1/s1. The molecule has 132 valence electrons. The van der Waals surface area contributed by atoms with Gasteiger partial charge in [0.05, 0.1) is 17.9 Å². The molecule has 3 N–H and O–H groups in total. The number of hydrogen-bond donors (Lipinski definition) is 2. The molecule has 2 aromatic rings. The fourth-order valence-corrected chi connectivity index (χ4v) is 3.55. The lowest BCUT2D eigenvalue weighted by molar-refractivity contribution is -0.118. The number of hydrogen-bond acceptors (Lipinski definition) is 5. The highest BCUT2D eigenvalue weighted by Crippen LogP contribution is 2.39. The third-order valence-corrected chi connectivity index (χ3v) is 5.16. The molecule has 1 aliphatic heterocycles. The van der Waals surface area contributed by atoms with E-state index in [1.54, 1.807) is 23.2 Å². The lowest BCUT2D eigenvalue weighted by Crippen LogP contribution is -2.30. The summed E-state index contributed by atoms with van der Waals surface area (Å²) in [5, 5.41) is 13.2. The highest BCUT2D eigenvalue weighted by atomic mass is 16.2. The van der Waals surface area contributed by atoms with Gasteiger partial charge in [-0.3, -0.25) is 9.59 Å². The van der Waals surface area contributed by atoms with Crippen LogP contribution in [-0.4, -0.2) is 22.8 Å². The molecule has 2 fully saturated rings. The minimum Gasteiger partial charge on any atom is -0.398 e. The van der Waals surface area contributed by atoms with Gasteiger partial charge in [-0.05, 0) is 43.4 Å². The Balaban J connectivity index is 1.65. The normalized spacial score (nSPS) is 24.5. The molecule has 1 aromatic carbocycles. The van der Waals surface area contributed by atoms with Gasteiger partial charge in [-0.25, -0.2) is 4.98 Å². The first-order chi connectivity index (χ1) is 12.5. The summed E-state index contributed by atoms with van der Waals surface area (Å²) in [5.41, 5.74) is 7.47. The quantitative estimate of drug-likeness (QED) is 0.827. The molecule has 1 aliphatic carbocycles. The topological polar surface area (TPSA) is 112 Å². The van der Waals surface area contributed by atoms with E-state index in [4.69, 9.17) is 11.0 Å². The summed E-state index contributed by atoms with van der Waals surface area (Å²) in [4.78, 5) is 30.3. The van der Waals surface area contributed by atoms with E-state index in [1.807, 2.05) is 13.0 Å². The third kappa shape index (κ3) is 2.73. The SMILES string of the molecule is C[C@@H]1CCC(=O)N1c1cc(N)c2cnc(NC(=O)[C@@H]3C[C@H]3C#N)cc2c1. The van der Waals surface area contributed by atoms with Gasteiger partial charge in [-0.15, -0.1) is 0 Å². The van der Waals surface area contributed by atoms with Crippen LogP contribution in [0.5, 0.6) is 0 Å². The molecule has 7 nitrogen and oxygen atoms in total. The first-order valence-corrected chi connectivity index (χ1v) is 8.69. The van der Waals surface area contributed by atoms with Gasteiger partial charge in [0.2, 0.25) is 11.8 Å². The van der Waals surface area contributed by atoms with Gasteiger partial charge < -0.3 is 16.0 Å². The molecule has 0 bridgehead atoms. The number of nitrogens with two attached hydrogens (primary N) is 1. The van der Waals surface area contributed by atoms with Crippen LogP contribution < -0.4 is 16.0 Å². The van der Waals surface area contributed by atoms with E-state index < -0.39 is 0 Å². The van der Waals surface area contributed by atoms with E-state index in [-0.39, 0.29) is 29.7 Å². The number of nitrogens with zero attached hydrogens (tertiary/aromatic N) is 3. The van der Waals surface area contributed by atoms with Crippen molar-refractivity contribution in [3.63, 3.8) is 0 Å². The average molecular weight is 349 g/mol. The maximum absolute atomic E-state index is 12.2. The molecule has 0 spiro atoms. The number of pyridine rings is 1. The molecule has 2 heterocycles. The summed E-state index contributed by atoms with van der Waals surface area (Å²) >= 11 is 0. The molecule has 26 heavy (non-hydrogen) atoms. The predicted octanol–water partition coefficient (Wildman–Crippen LogP) is 2.43. The van der Waals surface area contributed by atoms with Crippen LogP contribution in [0.3, 0.4) is 0 Å². The number of nitrogen functional groups attached to an aromatic ring is 1. The van der Waals surface area contributed by atoms with Crippen molar-refractivity contribution in [3.05, 3.63) is 24.4 Å². The van der Waals surface area contributed by atoms with E-state index in [1.165, 1.54) is 0 Å². The summed E-state index contributed by atoms with van der Waals surface area (Å²) in [6, 6.07) is 7.69. The number of carbonyl (C=O) groups is 2. The maximum Gasteiger partial charge on any atom is 0.230 e. The summed E-state index contributed by atoms with van der Waals surface area (Å²) in [7, 11) is 0. The van der Waals surface area contributed by atoms with Crippen LogP contribution in [0.4, 0.5) is 17.2 Å². The Labute approximate surface area is 150 Å². The smallest absolute Gasteiger partial charge is 0.230 e. The maximum atomic E-state index is 12.2. The van der Waals surface area contributed by atoms with Gasteiger partial charge in [0.15, 0.2) is 0 Å². The van der Waals surface area contributed by atoms with Crippen molar-refractivity contribution in [3.8, 4) is 6.07 Å². The summed E-state index contributed by atoms with van der Waals surface area (Å²) in [5.74, 6) is -0.119. The lowest BCUT2D eigenvalue weighted by atomic mass is 10.1. The molecule has 0 unspecified atom stereocenters. The third-order valence-electron chi connectivity index (χ3n) is 5.16. The molecule has 7 heteroatoms. The van der Waals surface area contributed by atoms with Gasteiger partial charge >= 0.3 is 0 Å². The Bertz CT molecular complexity index is 964. The van der Waals surface area contributed by atoms with Gasteiger partial charge in [0.25, 0.3) is 0 Å². The Morgan fingerprint density at radius 3 is 2.88 bits per heavy atom. The van der Waals surface area contributed by atoms with E-state index in [0.29, 0.717) is 24.3 Å². The molecule has 0 radical (unpaired) electrons.